The van der Waals surface area contributed by atoms with E-state index in [4.69, 9.17) is 0 Å². The van der Waals surface area contributed by atoms with Gasteiger partial charge in [0.15, 0.2) is 0 Å². The fourth-order valence-corrected chi connectivity index (χ4v) is 3.43. The molecule has 0 radical (unpaired) electrons. The fraction of sp³-hybridized carbons (Fsp3) is 0.526. The number of carbonyl (C=O) groups is 3. The van der Waals surface area contributed by atoms with Gasteiger partial charge in [0.2, 0.25) is 11.8 Å². The molecule has 2 N–H and O–H groups in total. The Morgan fingerprint density at radius 3 is 2.64 bits per heavy atom. The second-order valence-electron chi connectivity index (χ2n) is 7.00. The lowest BCUT2D eigenvalue weighted by atomic mass is 9.95. The zero-order valence-electron chi connectivity index (χ0n) is 14.6. The second kappa shape index (κ2) is 7.68. The molecule has 0 bridgehead atoms. The van der Waals surface area contributed by atoms with Crippen LogP contribution in [0.1, 0.15) is 41.6 Å². The van der Waals surface area contributed by atoms with E-state index in [1.165, 1.54) is 0 Å². The van der Waals surface area contributed by atoms with Gasteiger partial charge in [0.1, 0.15) is 0 Å². The van der Waals surface area contributed by atoms with Crippen molar-refractivity contribution in [2.24, 2.45) is 5.92 Å². The Balaban J connectivity index is 1.56. The molecule has 2 atom stereocenters. The lowest BCUT2D eigenvalue weighted by Crippen LogP contribution is -2.52. The number of likely N-dealkylation sites (tertiary alicyclic amines) is 1. The van der Waals surface area contributed by atoms with Gasteiger partial charge in [-0.15, -0.1) is 0 Å². The smallest absolute Gasteiger partial charge is 0.253 e. The van der Waals surface area contributed by atoms with Gasteiger partial charge in [0.05, 0.1) is 5.92 Å². The molecule has 3 rings (SSSR count). The quantitative estimate of drug-likeness (QED) is 0.867. The van der Waals surface area contributed by atoms with Crippen LogP contribution in [0.2, 0.25) is 0 Å². The van der Waals surface area contributed by atoms with Gasteiger partial charge >= 0.3 is 0 Å². The first-order valence-corrected chi connectivity index (χ1v) is 8.96. The number of hydrogen-bond acceptors (Lipinski definition) is 3. The summed E-state index contributed by atoms with van der Waals surface area (Å²) in [5.74, 6) is -0.163. The molecule has 3 amide bonds. The number of nitrogens with one attached hydrogen (secondary N) is 2. The predicted molar refractivity (Wildman–Crippen MR) is 94.0 cm³/mol. The van der Waals surface area contributed by atoms with Crippen molar-refractivity contribution < 1.29 is 14.4 Å². The Hall–Kier alpha value is -2.37. The van der Waals surface area contributed by atoms with Gasteiger partial charge in [-0.25, -0.2) is 0 Å². The lowest BCUT2D eigenvalue weighted by molar-refractivity contribution is -0.129. The number of carbonyl (C=O) groups excluding carboxylic acids is 3. The molecule has 6 heteroatoms. The van der Waals surface area contributed by atoms with Gasteiger partial charge in [-0.05, 0) is 38.3 Å². The van der Waals surface area contributed by atoms with Gasteiger partial charge in [-0.1, -0.05) is 17.7 Å². The van der Waals surface area contributed by atoms with E-state index in [1.807, 2.05) is 31.2 Å². The molecular weight excluding hydrogens is 318 g/mol. The Morgan fingerprint density at radius 2 is 1.96 bits per heavy atom. The Morgan fingerprint density at radius 1 is 1.20 bits per heavy atom. The van der Waals surface area contributed by atoms with E-state index in [-0.39, 0.29) is 29.7 Å². The third-order valence-corrected chi connectivity index (χ3v) is 4.99. The van der Waals surface area contributed by atoms with Crippen LogP contribution < -0.4 is 10.6 Å². The third kappa shape index (κ3) is 4.38. The van der Waals surface area contributed by atoms with Gasteiger partial charge < -0.3 is 15.5 Å². The largest absolute Gasteiger partial charge is 0.354 e. The van der Waals surface area contributed by atoms with Crippen LogP contribution in [0.25, 0.3) is 0 Å². The second-order valence-corrected chi connectivity index (χ2v) is 7.00. The summed E-state index contributed by atoms with van der Waals surface area (Å²) in [7, 11) is 0. The summed E-state index contributed by atoms with van der Waals surface area (Å²) in [6.07, 6.45) is 2.75. The molecule has 2 unspecified atom stereocenters. The molecule has 0 aliphatic carbocycles. The highest BCUT2D eigenvalue weighted by atomic mass is 16.2. The maximum absolute atomic E-state index is 12.7. The highest BCUT2D eigenvalue weighted by Crippen LogP contribution is 2.20. The van der Waals surface area contributed by atoms with Gasteiger partial charge in [0, 0.05) is 37.7 Å². The van der Waals surface area contributed by atoms with Crippen LogP contribution in [-0.4, -0.2) is 48.3 Å². The summed E-state index contributed by atoms with van der Waals surface area (Å²) in [6.45, 7) is 3.63. The van der Waals surface area contributed by atoms with Crippen molar-refractivity contribution in [2.45, 2.75) is 38.6 Å². The molecule has 0 spiro atoms. The molecule has 6 nitrogen and oxygen atoms in total. The molecule has 25 heavy (non-hydrogen) atoms. The summed E-state index contributed by atoms with van der Waals surface area (Å²) in [5, 5.41) is 5.80. The van der Waals surface area contributed by atoms with E-state index in [9.17, 15) is 14.4 Å². The molecule has 2 aliphatic heterocycles. The summed E-state index contributed by atoms with van der Waals surface area (Å²) in [6, 6.07) is 7.53. The van der Waals surface area contributed by atoms with Crippen molar-refractivity contribution in [1.29, 1.82) is 0 Å². The Kier molecular flexibility index (Phi) is 5.36. The molecule has 0 saturated carbocycles. The monoisotopic (exact) mass is 343 g/mol. The molecular formula is C19H25N3O3. The van der Waals surface area contributed by atoms with Crippen molar-refractivity contribution >= 4 is 17.7 Å². The predicted octanol–water partition coefficient (Wildman–Crippen LogP) is 1.24. The number of benzene rings is 1. The first-order chi connectivity index (χ1) is 12.0. The molecule has 134 valence electrons. The van der Waals surface area contributed by atoms with Crippen molar-refractivity contribution in [3.05, 3.63) is 35.4 Å². The van der Waals surface area contributed by atoms with Crippen LogP contribution in [0.5, 0.6) is 0 Å². The van der Waals surface area contributed by atoms with Gasteiger partial charge in [-0.2, -0.15) is 0 Å². The average molecular weight is 343 g/mol. The number of nitrogens with zero attached hydrogens (tertiary/aromatic N) is 1. The molecule has 1 aromatic carbocycles. The zero-order chi connectivity index (χ0) is 17.8. The summed E-state index contributed by atoms with van der Waals surface area (Å²) in [4.78, 5) is 38.2. The standard InChI is InChI=1S/C19H25N3O3/c1-13-4-6-14(7-5-13)19(25)22-10-2-3-15(12-22)18(24)21-16-8-9-17(23)20-11-16/h4-7,15-16H,2-3,8-12H2,1H3,(H,20,23)(H,21,24). The molecule has 2 fully saturated rings. The number of aryl methyl sites for hydroxylation is 1. The number of amides is 3. The van der Waals surface area contributed by atoms with Crippen LogP contribution in [0.15, 0.2) is 24.3 Å². The van der Waals surface area contributed by atoms with Crippen LogP contribution in [-0.2, 0) is 9.59 Å². The zero-order valence-corrected chi connectivity index (χ0v) is 14.6. The lowest BCUT2D eigenvalue weighted by Gasteiger charge is -2.33. The highest BCUT2D eigenvalue weighted by Gasteiger charge is 2.30. The fourth-order valence-electron chi connectivity index (χ4n) is 3.43. The summed E-state index contributed by atoms with van der Waals surface area (Å²) >= 11 is 0. The Bertz CT molecular complexity index is 646. The summed E-state index contributed by atoms with van der Waals surface area (Å²) < 4.78 is 0. The van der Waals surface area contributed by atoms with Crippen molar-refractivity contribution in [3.63, 3.8) is 0 Å². The number of piperidine rings is 2. The average Bonchev–Trinajstić information content (AvgIpc) is 2.64. The summed E-state index contributed by atoms with van der Waals surface area (Å²) in [5.41, 5.74) is 1.79. The maximum Gasteiger partial charge on any atom is 0.253 e. The van der Waals surface area contributed by atoms with E-state index in [2.05, 4.69) is 10.6 Å². The van der Waals surface area contributed by atoms with Crippen LogP contribution in [0.3, 0.4) is 0 Å². The Labute approximate surface area is 148 Å². The minimum absolute atomic E-state index is 0.00613. The SMILES string of the molecule is Cc1ccc(C(=O)N2CCCC(C(=O)NC3CCC(=O)NC3)C2)cc1. The first-order valence-electron chi connectivity index (χ1n) is 8.96. The topological polar surface area (TPSA) is 78.5 Å². The maximum atomic E-state index is 12.7. The van der Waals surface area contributed by atoms with E-state index >= 15 is 0 Å². The molecule has 2 saturated heterocycles. The van der Waals surface area contributed by atoms with Crippen molar-refractivity contribution in [3.8, 4) is 0 Å². The van der Waals surface area contributed by atoms with E-state index < -0.39 is 0 Å². The number of hydrogen-bond donors (Lipinski definition) is 2. The van der Waals surface area contributed by atoms with Crippen LogP contribution >= 0.6 is 0 Å². The van der Waals surface area contributed by atoms with Crippen molar-refractivity contribution in [2.75, 3.05) is 19.6 Å². The minimum atomic E-state index is -0.180. The van der Waals surface area contributed by atoms with E-state index in [0.29, 0.717) is 38.0 Å². The van der Waals surface area contributed by atoms with Crippen LogP contribution in [0.4, 0.5) is 0 Å². The molecule has 2 aliphatic rings. The van der Waals surface area contributed by atoms with E-state index in [0.717, 1.165) is 18.4 Å². The number of rotatable bonds is 3. The molecule has 1 aromatic rings. The van der Waals surface area contributed by atoms with Gasteiger partial charge in [0.25, 0.3) is 5.91 Å². The molecule has 2 heterocycles. The third-order valence-electron chi connectivity index (χ3n) is 4.99. The molecule has 0 aromatic heterocycles. The van der Waals surface area contributed by atoms with Gasteiger partial charge in [-0.3, -0.25) is 14.4 Å². The minimum Gasteiger partial charge on any atom is -0.354 e. The van der Waals surface area contributed by atoms with E-state index in [1.54, 1.807) is 4.90 Å². The normalized spacial score (nSPS) is 23.7. The highest BCUT2D eigenvalue weighted by molar-refractivity contribution is 5.94. The van der Waals surface area contributed by atoms with Crippen LogP contribution in [0, 0.1) is 12.8 Å². The first kappa shape index (κ1) is 17.5. The van der Waals surface area contributed by atoms with Crippen molar-refractivity contribution in [1.82, 2.24) is 15.5 Å².